The van der Waals surface area contributed by atoms with E-state index in [1.54, 1.807) is 0 Å². The molecule has 0 aromatic heterocycles. The Kier molecular flexibility index (Phi) is 6.93. The van der Waals surface area contributed by atoms with Crippen molar-refractivity contribution in [3.8, 4) is 0 Å². The molecule has 2 unspecified atom stereocenters. The lowest BCUT2D eigenvalue weighted by Crippen LogP contribution is -2.34. The first-order valence-corrected chi connectivity index (χ1v) is 11.0. The van der Waals surface area contributed by atoms with Crippen LogP contribution in [0.2, 0.25) is 0 Å². The second-order valence-corrected chi connectivity index (χ2v) is 7.97. The Labute approximate surface area is 190 Å². The zero-order valence-electron chi connectivity index (χ0n) is 18.5. The Balaban J connectivity index is 1.36. The highest BCUT2D eigenvalue weighted by Gasteiger charge is 2.13. The molecule has 0 aliphatic carbocycles. The van der Waals surface area contributed by atoms with Crippen molar-refractivity contribution in [2.24, 2.45) is 0 Å². The molecule has 0 bridgehead atoms. The molecule has 0 saturated carbocycles. The maximum atomic E-state index is 3.66. The molecule has 0 radical (unpaired) electrons. The molecule has 162 valence electrons. The van der Waals surface area contributed by atoms with Crippen molar-refractivity contribution < 1.29 is 0 Å². The summed E-state index contributed by atoms with van der Waals surface area (Å²) in [5.41, 5.74) is 6.47. The Morgan fingerprint density at radius 2 is 0.844 bits per heavy atom. The number of hydrogen-bond donors (Lipinski definition) is 4. The lowest BCUT2D eigenvalue weighted by Gasteiger charge is -2.26. The molecule has 2 atom stereocenters. The average Bonchev–Trinajstić information content (AvgIpc) is 2.83. The van der Waals surface area contributed by atoms with Crippen LogP contribution in [0.3, 0.4) is 0 Å². The average molecular weight is 423 g/mol. The lowest BCUT2D eigenvalue weighted by molar-refractivity contribution is 0.677. The first-order chi connectivity index (χ1) is 15.7. The molecular formula is C28H30N4. The highest BCUT2D eigenvalue weighted by Crippen LogP contribution is 2.26. The zero-order valence-corrected chi connectivity index (χ0v) is 18.5. The van der Waals surface area contributed by atoms with Gasteiger partial charge in [-0.2, -0.15) is 0 Å². The van der Waals surface area contributed by atoms with E-state index in [1.165, 1.54) is 0 Å². The van der Waals surface area contributed by atoms with Gasteiger partial charge in [-0.3, -0.25) is 0 Å². The highest BCUT2D eigenvalue weighted by molar-refractivity contribution is 5.74. The Morgan fingerprint density at radius 3 is 1.47 bits per heavy atom. The molecule has 0 heterocycles. The fraction of sp³-hybridized carbons (Fsp3) is 0.143. The Bertz CT molecular complexity index is 1100. The first-order valence-electron chi connectivity index (χ1n) is 11.0. The third-order valence-electron chi connectivity index (χ3n) is 5.45. The number of nitrogens with one attached hydrogen (secondary N) is 4. The normalized spacial score (nSPS) is 12.4. The molecule has 32 heavy (non-hydrogen) atoms. The molecule has 0 aliphatic heterocycles. The van der Waals surface area contributed by atoms with Crippen molar-refractivity contribution in [3.05, 3.63) is 109 Å². The van der Waals surface area contributed by atoms with Crippen LogP contribution in [0.4, 0.5) is 34.1 Å². The predicted molar refractivity (Wildman–Crippen MR) is 139 cm³/mol. The molecule has 4 heteroatoms. The van der Waals surface area contributed by atoms with Crippen molar-refractivity contribution in [3.63, 3.8) is 0 Å². The molecule has 4 aromatic carbocycles. The van der Waals surface area contributed by atoms with Gasteiger partial charge >= 0.3 is 0 Å². The van der Waals surface area contributed by atoms with Gasteiger partial charge in [-0.15, -0.1) is 0 Å². The van der Waals surface area contributed by atoms with Crippen molar-refractivity contribution in [1.29, 1.82) is 0 Å². The van der Waals surface area contributed by atoms with Gasteiger partial charge in [0.25, 0.3) is 0 Å². The quantitative estimate of drug-likeness (QED) is 0.226. The summed E-state index contributed by atoms with van der Waals surface area (Å²) in [4.78, 5) is 0. The minimum absolute atomic E-state index is 0.218. The Morgan fingerprint density at radius 1 is 0.406 bits per heavy atom. The van der Waals surface area contributed by atoms with Gasteiger partial charge in [0, 0.05) is 34.8 Å². The summed E-state index contributed by atoms with van der Waals surface area (Å²) >= 11 is 0. The molecule has 4 rings (SSSR count). The van der Waals surface area contributed by atoms with Crippen LogP contribution in [0.1, 0.15) is 13.8 Å². The Hall–Kier alpha value is -3.92. The summed E-state index contributed by atoms with van der Waals surface area (Å²) in [5, 5.41) is 14.2. The molecular weight excluding hydrogens is 392 g/mol. The minimum atomic E-state index is 0.218. The van der Waals surface area contributed by atoms with Crippen molar-refractivity contribution in [2.75, 3.05) is 21.3 Å². The zero-order chi connectivity index (χ0) is 22.2. The van der Waals surface area contributed by atoms with Crippen LogP contribution in [-0.4, -0.2) is 12.1 Å². The van der Waals surface area contributed by atoms with Gasteiger partial charge < -0.3 is 21.3 Å². The summed E-state index contributed by atoms with van der Waals surface area (Å²) < 4.78 is 0. The van der Waals surface area contributed by atoms with Crippen LogP contribution in [0.5, 0.6) is 0 Å². The van der Waals surface area contributed by atoms with Crippen LogP contribution in [-0.2, 0) is 0 Å². The molecule has 0 spiro atoms. The first kappa shape index (κ1) is 21.3. The molecule has 0 amide bonds. The third kappa shape index (κ3) is 5.82. The second-order valence-electron chi connectivity index (χ2n) is 7.97. The second kappa shape index (κ2) is 10.4. The minimum Gasteiger partial charge on any atom is -0.381 e. The van der Waals surface area contributed by atoms with E-state index in [1.807, 2.05) is 42.5 Å². The summed E-state index contributed by atoms with van der Waals surface area (Å²) in [6.45, 7) is 4.39. The smallest absolute Gasteiger partial charge is 0.0620 e. The van der Waals surface area contributed by atoms with Gasteiger partial charge in [0.2, 0.25) is 0 Å². The topological polar surface area (TPSA) is 48.1 Å². The van der Waals surface area contributed by atoms with Gasteiger partial charge in [-0.05, 0) is 74.5 Å². The third-order valence-corrected chi connectivity index (χ3v) is 5.45. The van der Waals surface area contributed by atoms with E-state index in [9.17, 15) is 0 Å². The van der Waals surface area contributed by atoms with E-state index < -0.39 is 0 Å². The van der Waals surface area contributed by atoms with Crippen LogP contribution < -0.4 is 21.3 Å². The number of anilines is 6. The predicted octanol–water partition coefficient (Wildman–Crippen LogP) is 7.47. The van der Waals surface area contributed by atoms with Gasteiger partial charge in [-0.25, -0.2) is 0 Å². The number of para-hydroxylation sites is 4. The fourth-order valence-electron chi connectivity index (χ4n) is 3.49. The lowest BCUT2D eigenvalue weighted by atomic mass is 10.1. The number of hydrogen-bond acceptors (Lipinski definition) is 4. The van der Waals surface area contributed by atoms with Gasteiger partial charge in [0.05, 0.1) is 11.4 Å². The standard InChI is InChI=1S/C28H30N4/c1-21(29-25-17-19-26(20-18-25)31-23-11-5-3-6-12-23)22(2)30-27-15-9-10-16-28(27)32-24-13-7-4-8-14-24/h3-22,29-32H,1-2H3. The summed E-state index contributed by atoms with van der Waals surface area (Å²) in [7, 11) is 0. The van der Waals surface area contributed by atoms with E-state index >= 15 is 0 Å². The SMILES string of the molecule is CC(Nc1ccc(Nc2ccccc2)cc1)C(C)Nc1ccccc1Nc1ccccc1. The van der Waals surface area contributed by atoms with E-state index in [0.717, 1.165) is 34.1 Å². The summed E-state index contributed by atoms with van der Waals surface area (Å²) in [5.74, 6) is 0. The van der Waals surface area contributed by atoms with Crippen LogP contribution in [0, 0.1) is 0 Å². The number of benzene rings is 4. The largest absolute Gasteiger partial charge is 0.381 e. The maximum Gasteiger partial charge on any atom is 0.0620 e. The van der Waals surface area contributed by atoms with E-state index in [4.69, 9.17) is 0 Å². The van der Waals surface area contributed by atoms with Crippen molar-refractivity contribution in [2.45, 2.75) is 25.9 Å². The van der Waals surface area contributed by atoms with E-state index in [0.29, 0.717) is 0 Å². The van der Waals surface area contributed by atoms with Crippen LogP contribution in [0.15, 0.2) is 109 Å². The summed E-state index contributed by atoms with van der Waals surface area (Å²) in [6, 6.07) is 37.6. The van der Waals surface area contributed by atoms with Crippen molar-refractivity contribution in [1.82, 2.24) is 0 Å². The molecule has 0 aliphatic rings. The fourth-order valence-corrected chi connectivity index (χ4v) is 3.49. The molecule has 4 nitrogen and oxygen atoms in total. The van der Waals surface area contributed by atoms with Crippen LogP contribution in [0.25, 0.3) is 0 Å². The monoisotopic (exact) mass is 422 g/mol. The van der Waals surface area contributed by atoms with Gasteiger partial charge in [0.15, 0.2) is 0 Å². The molecule has 0 saturated heterocycles. The van der Waals surface area contributed by atoms with Gasteiger partial charge in [0.1, 0.15) is 0 Å². The molecule has 0 fully saturated rings. The van der Waals surface area contributed by atoms with E-state index in [2.05, 4.69) is 102 Å². The summed E-state index contributed by atoms with van der Waals surface area (Å²) in [6.07, 6.45) is 0. The van der Waals surface area contributed by atoms with Crippen LogP contribution >= 0.6 is 0 Å². The van der Waals surface area contributed by atoms with Gasteiger partial charge in [-0.1, -0.05) is 48.5 Å². The van der Waals surface area contributed by atoms with E-state index in [-0.39, 0.29) is 12.1 Å². The maximum absolute atomic E-state index is 3.66. The van der Waals surface area contributed by atoms with Crippen molar-refractivity contribution >= 4 is 34.1 Å². The molecule has 4 aromatic rings. The highest BCUT2D eigenvalue weighted by atomic mass is 15.0. The number of rotatable bonds is 9. The molecule has 4 N–H and O–H groups in total.